The maximum Gasteiger partial charge on any atom is 0.256 e. The monoisotopic (exact) mass is 348 g/mol. The molecule has 0 aliphatic rings. The lowest BCUT2D eigenvalue weighted by Gasteiger charge is -2.07. The van der Waals surface area contributed by atoms with Crippen molar-refractivity contribution in [1.82, 2.24) is 0 Å². The van der Waals surface area contributed by atoms with Crippen molar-refractivity contribution in [3.05, 3.63) is 63.1 Å². The molecule has 20 heavy (non-hydrogen) atoms. The van der Waals surface area contributed by atoms with Crippen LogP contribution in [0.15, 0.2) is 46.9 Å². The Bertz CT molecular complexity index is 677. The number of halogens is 2. The number of hydrogen-bond donors (Lipinski definition) is 1. The van der Waals surface area contributed by atoms with Gasteiger partial charge in [0.25, 0.3) is 5.91 Å². The molecule has 0 saturated carbocycles. The van der Waals surface area contributed by atoms with Crippen molar-refractivity contribution in [2.45, 2.75) is 6.42 Å². The Balaban J connectivity index is 2.13. The summed E-state index contributed by atoms with van der Waals surface area (Å²) in [4.78, 5) is 12.1. The summed E-state index contributed by atoms with van der Waals surface area (Å²) in [6, 6.07) is 14.2. The number of carbonyl (C=O) groups is 1. The molecule has 0 aliphatic carbocycles. The zero-order chi connectivity index (χ0) is 14.5. The van der Waals surface area contributed by atoms with E-state index in [2.05, 4.69) is 27.3 Å². The summed E-state index contributed by atoms with van der Waals surface area (Å²) >= 11 is 9.15. The minimum absolute atomic E-state index is 0.221. The number of nitrogens with zero attached hydrogens (tertiary/aromatic N) is 1. The van der Waals surface area contributed by atoms with Gasteiger partial charge in [0, 0.05) is 15.2 Å². The van der Waals surface area contributed by atoms with E-state index in [1.165, 1.54) is 0 Å². The van der Waals surface area contributed by atoms with Crippen molar-refractivity contribution in [2.24, 2.45) is 0 Å². The Hall–Kier alpha value is -1.83. The maximum atomic E-state index is 12.1. The zero-order valence-electron chi connectivity index (χ0n) is 10.4. The Morgan fingerprint density at radius 2 is 1.95 bits per heavy atom. The molecule has 2 aromatic rings. The number of nitrogens with one attached hydrogen (secondary N) is 1. The molecule has 2 aromatic carbocycles. The van der Waals surface area contributed by atoms with Crippen molar-refractivity contribution in [2.75, 3.05) is 5.32 Å². The Morgan fingerprint density at radius 3 is 2.55 bits per heavy atom. The van der Waals surface area contributed by atoms with Crippen molar-refractivity contribution >= 4 is 39.1 Å². The van der Waals surface area contributed by atoms with Crippen LogP contribution in [-0.4, -0.2) is 5.91 Å². The first kappa shape index (κ1) is 14.6. The van der Waals surface area contributed by atoms with E-state index in [-0.39, 0.29) is 5.91 Å². The second kappa shape index (κ2) is 6.56. The van der Waals surface area contributed by atoms with Gasteiger partial charge in [-0.15, -0.1) is 0 Å². The topological polar surface area (TPSA) is 52.9 Å². The molecule has 0 radical (unpaired) electrons. The predicted octanol–water partition coefficient (Wildman–Crippen LogP) is 4.42. The Labute approximate surface area is 130 Å². The second-order valence-electron chi connectivity index (χ2n) is 4.11. The predicted molar refractivity (Wildman–Crippen MR) is 82.9 cm³/mol. The van der Waals surface area contributed by atoms with Crippen molar-refractivity contribution < 1.29 is 4.79 Å². The molecule has 0 heterocycles. The van der Waals surface area contributed by atoms with Crippen LogP contribution in [0, 0.1) is 11.3 Å². The largest absolute Gasteiger partial charge is 0.322 e. The molecule has 0 bridgehead atoms. The molecule has 3 nitrogen and oxygen atoms in total. The van der Waals surface area contributed by atoms with Gasteiger partial charge in [-0.1, -0.05) is 23.7 Å². The molecule has 1 N–H and O–H groups in total. The molecule has 0 fully saturated rings. The summed E-state index contributed by atoms with van der Waals surface area (Å²) in [5.74, 6) is -0.221. The van der Waals surface area contributed by atoms with Gasteiger partial charge in [-0.2, -0.15) is 5.26 Å². The van der Waals surface area contributed by atoms with Gasteiger partial charge in [0.2, 0.25) is 0 Å². The van der Waals surface area contributed by atoms with Crippen molar-refractivity contribution in [3.8, 4) is 6.07 Å². The van der Waals surface area contributed by atoms with Gasteiger partial charge in [-0.05, 0) is 51.8 Å². The number of rotatable bonds is 3. The van der Waals surface area contributed by atoms with E-state index in [9.17, 15) is 4.79 Å². The average molecular weight is 350 g/mol. The fraction of sp³-hybridized carbons (Fsp3) is 0.0667. The molecule has 0 saturated heterocycles. The summed E-state index contributed by atoms with van der Waals surface area (Å²) in [5.41, 5.74) is 2.10. The van der Waals surface area contributed by atoms with Crippen LogP contribution in [0.3, 0.4) is 0 Å². The standard InChI is InChI=1S/C15H10BrClN2O/c16-14-9-11(17)3-6-13(14)15(20)19-12-4-1-10(2-5-12)7-8-18/h1-6,9H,7H2,(H,19,20). The third-order valence-electron chi connectivity index (χ3n) is 2.67. The fourth-order valence-electron chi connectivity index (χ4n) is 1.67. The quantitative estimate of drug-likeness (QED) is 0.891. The smallest absolute Gasteiger partial charge is 0.256 e. The Kier molecular flexibility index (Phi) is 4.78. The van der Waals surface area contributed by atoms with E-state index in [1.54, 1.807) is 30.3 Å². The summed E-state index contributed by atoms with van der Waals surface area (Å²) in [6.07, 6.45) is 0.358. The molecule has 0 unspecified atom stereocenters. The number of carbonyl (C=O) groups excluding carboxylic acids is 1. The first-order valence-electron chi connectivity index (χ1n) is 5.82. The van der Waals surface area contributed by atoms with Crippen LogP contribution in [0.25, 0.3) is 0 Å². The van der Waals surface area contributed by atoms with Gasteiger partial charge in [-0.3, -0.25) is 4.79 Å². The van der Waals surface area contributed by atoms with E-state index in [1.807, 2.05) is 12.1 Å². The van der Waals surface area contributed by atoms with Crippen LogP contribution in [0.2, 0.25) is 5.02 Å². The summed E-state index contributed by atoms with van der Waals surface area (Å²) in [6.45, 7) is 0. The molecular formula is C15H10BrClN2O. The highest BCUT2D eigenvalue weighted by Crippen LogP contribution is 2.22. The van der Waals surface area contributed by atoms with Crippen LogP contribution in [0.4, 0.5) is 5.69 Å². The van der Waals surface area contributed by atoms with Gasteiger partial charge in [-0.25, -0.2) is 0 Å². The van der Waals surface area contributed by atoms with Crippen LogP contribution in [0.1, 0.15) is 15.9 Å². The first-order chi connectivity index (χ1) is 9.60. The summed E-state index contributed by atoms with van der Waals surface area (Å²) < 4.78 is 0.642. The first-order valence-corrected chi connectivity index (χ1v) is 6.99. The highest BCUT2D eigenvalue weighted by atomic mass is 79.9. The fourth-order valence-corrected chi connectivity index (χ4v) is 2.53. The number of amides is 1. The third kappa shape index (κ3) is 3.60. The third-order valence-corrected chi connectivity index (χ3v) is 3.56. The summed E-state index contributed by atoms with van der Waals surface area (Å²) in [5, 5.41) is 12.0. The highest BCUT2D eigenvalue weighted by Gasteiger charge is 2.10. The SMILES string of the molecule is N#CCc1ccc(NC(=O)c2ccc(Cl)cc2Br)cc1. The molecule has 0 atom stereocenters. The van der Waals surface area contributed by atoms with Crippen LogP contribution < -0.4 is 5.32 Å². The maximum absolute atomic E-state index is 12.1. The number of anilines is 1. The van der Waals surface area contributed by atoms with E-state index >= 15 is 0 Å². The second-order valence-corrected chi connectivity index (χ2v) is 5.40. The van der Waals surface area contributed by atoms with Crippen molar-refractivity contribution in [3.63, 3.8) is 0 Å². The molecule has 100 valence electrons. The molecule has 5 heteroatoms. The number of benzene rings is 2. The van der Waals surface area contributed by atoms with Gasteiger partial charge in [0.15, 0.2) is 0 Å². The zero-order valence-corrected chi connectivity index (χ0v) is 12.7. The molecule has 2 rings (SSSR count). The molecule has 0 spiro atoms. The lowest BCUT2D eigenvalue weighted by atomic mass is 10.1. The van der Waals surface area contributed by atoms with E-state index in [0.717, 1.165) is 5.56 Å². The Morgan fingerprint density at radius 1 is 1.25 bits per heavy atom. The lowest BCUT2D eigenvalue weighted by molar-refractivity contribution is 0.102. The van der Waals surface area contributed by atoms with Crippen LogP contribution in [0.5, 0.6) is 0 Å². The number of nitriles is 1. The normalized spacial score (nSPS) is 9.85. The average Bonchev–Trinajstić information content (AvgIpc) is 2.41. The van der Waals surface area contributed by atoms with Gasteiger partial charge in [0.1, 0.15) is 0 Å². The van der Waals surface area contributed by atoms with Crippen LogP contribution in [-0.2, 0) is 6.42 Å². The van der Waals surface area contributed by atoms with Gasteiger partial charge in [0.05, 0.1) is 18.1 Å². The van der Waals surface area contributed by atoms with E-state index in [4.69, 9.17) is 16.9 Å². The molecule has 0 aliphatic heterocycles. The van der Waals surface area contributed by atoms with E-state index < -0.39 is 0 Å². The van der Waals surface area contributed by atoms with E-state index in [0.29, 0.717) is 27.2 Å². The van der Waals surface area contributed by atoms with Gasteiger partial charge < -0.3 is 5.32 Å². The highest BCUT2D eigenvalue weighted by molar-refractivity contribution is 9.10. The lowest BCUT2D eigenvalue weighted by Crippen LogP contribution is -2.12. The molecule has 0 aromatic heterocycles. The summed E-state index contributed by atoms with van der Waals surface area (Å²) in [7, 11) is 0. The minimum atomic E-state index is -0.221. The van der Waals surface area contributed by atoms with Crippen molar-refractivity contribution in [1.29, 1.82) is 5.26 Å². The molecular weight excluding hydrogens is 340 g/mol. The minimum Gasteiger partial charge on any atom is -0.322 e. The van der Waals surface area contributed by atoms with Crippen LogP contribution >= 0.6 is 27.5 Å². The molecule has 1 amide bonds. The van der Waals surface area contributed by atoms with Gasteiger partial charge >= 0.3 is 0 Å². The number of hydrogen-bond acceptors (Lipinski definition) is 2.